The standard InChI is InChI=1S/C22H22N2O4/c25-21(12-14-9-10-28-20-8-4-2-6-17(14)20)24-19(22(26)27)11-15-13-23-18-7-3-1-5-16(15)18/h1-8,13-14,19,23H,9-12H2,(H,24,25)(H,26,27)/t14-,19-/m0/s1. The van der Waals surface area contributed by atoms with Crippen molar-refractivity contribution >= 4 is 22.8 Å². The van der Waals surface area contributed by atoms with Gasteiger partial charge in [-0.15, -0.1) is 0 Å². The smallest absolute Gasteiger partial charge is 0.326 e. The van der Waals surface area contributed by atoms with Gasteiger partial charge < -0.3 is 20.1 Å². The van der Waals surface area contributed by atoms with Gasteiger partial charge in [0.15, 0.2) is 0 Å². The Morgan fingerprint density at radius 1 is 1.18 bits per heavy atom. The van der Waals surface area contributed by atoms with E-state index >= 15 is 0 Å². The number of fused-ring (bicyclic) bond motifs is 2. The number of ether oxygens (including phenoxy) is 1. The zero-order valence-electron chi connectivity index (χ0n) is 15.4. The summed E-state index contributed by atoms with van der Waals surface area (Å²) in [6.45, 7) is 0.562. The van der Waals surface area contributed by atoms with Crippen molar-refractivity contribution in [1.29, 1.82) is 0 Å². The van der Waals surface area contributed by atoms with Crippen molar-refractivity contribution in [3.63, 3.8) is 0 Å². The zero-order valence-corrected chi connectivity index (χ0v) is 15.4. The monoisotopic (exact) mass is 378 g/mol. The van der Waals surface area contributed by atoms with Crippen molar-refractivity contribution in [3.05, 3.63) is 65.9 Å². The second kappa shape index (κ2) is 7.76. The normalized spacial score (nSPS) is 16.8. The van der Waals surface area contributed by atoms with Crippen LogP contribution in [0.3, 0.4) is 0 Å². The number of nitrogens with one attached hydrogen (secondary N) is 2. The Balaban J connectivity index is 1.45. The number of H-pyrrole nitrogens is 1. The fourth-order valence-corrected chi connectivity index (χ4v) is 3.83. The Morgan fingerprint density at radius 3 is 2.82 bits per heavy atom. The highest BCUT2D eigenvalue weighted by molar-refractivity contribution is 5.87. The van der Waals surface area contributed by atoms with Gasteiger partial charge >= 0.3 is 5.97 Å². The van der Waals surface area contributed by atoms with Gasteiger partial charge in [-0.3, -0.25) is 4.79 Å². The third kappa shape index (κ3) is 3.71. The molecule has 0 unspecified atom stereocenters. The summed E-state index contributed by atoms with van der Waals surface area (Å²) in [5, 5.41) is 13.3. The molecular formula is C22H22N2O4. The van der Waals surface area contributed by atoms with E-state index in [1.807, 2.05) is 54.7 Å². The number of benzene rings is 2. The molecular weight excluding hydrogens is 356 g/mol. The summed E-state index contributed by atoms with van der Waals surface area (Å²) in [5.41, 5.74) is 2.83. The van der Waals surface area contributed by atoms with Crippen LogP contribution in [0.1, 0.15) is 29.9 Å². The van der Waals surface area contributed by atoms with Gasteiger partial charge in [0.05, 0.1) is 6.61 Å². The predicted octanol–water partition coefficient (Wildman–Crippen LogP) is 3.24. The van der Waals surface area contributed by atoms with Crippen LogP contribution in [0.2, 0.25) is 0 Å². The number of carboxylic acid groups (broad SMARTS) is 1. The van der Waals surface area contributed by atoms with E-state index in [2.05, 4.69) is 10.3 Å². The maximum absolute atomic E-state index is 12.6. The van der Waals surface area contributed by atoms with Gasteiger partial charge in [-0.25, -0.2) is 4.79 Å². The van der Waals surface area contributed by atoms with Crippen molar-refractivity contribution in [2.24, 2.45) is 0 Å². The number of amides is 1. The molecule has 2 aromatic carbocycles. The lowest BCUT2D eigenvalue weighted by Gasteiger charge is -2.26. The lowest BCUT2D eigenvalue weighted by atomic mass is 9.90. The van der Waals surface area contributed by atoms with Gasteiger partial charge in [-0.2, -0.15) is 0 Å². The van der Waals surface area contributed by atoms with Crippen molar-refractivity contribution in [1.82, 2.24) is 10.3 Å². The second-order valence-corrected chi connectivity index (χ2v) is 7.10. The van der Waals surface area contributed by atoms with Gasteiger partial charge in [0.25, 0.3) is 0 Å². The Kier molecular flexibility index (Phi) is 5.02. The lowest BCUT2D eigenvalue weighted by Crippen LogP contribution is -2.42. The van der Waals surface area contributed by atoms with E-state index in [1.54, 1.807) is 0 Å². The Hall–Kier alpha value is -3.28. The molecule has 3 N–H and O–H groups in total. The molecule has 0 spiro atoms. The summed E-state index contributed by atoms with van der Waals surface area (Å²) < 4.78 is 5.64. The highest BCUT2D eigenvalue weighted by Gasteiger charge is 2.27. The fourth-order valence-electron chi connectivity index (χ4n) is 3.83. The molecule has 0 fully saturated rings. The van der Waals surface area contributed by atoms with E-state index < -0.39 is 12.0 Å². The van der Waals surface area contributed by atoms with E-state index in [1.165, 1.54) is 0 Å². The number of aliphatic carboxylic acids is 1. The largest absolute Gasteiger partial charge is 0.493 e. The Bertz CT molecular complexity index is 1010. The molecule has 144 valence electrons. The number of hydrogen-bond acceptors (Lipinski definition) is 3. The number of rotatable bonds is 6. The number of para-hydroxylation sites is 2. The summed E-state index contributed by atoms with van der Waals surface area (Å²) in [7, 11) is 0. The summed E-state index contributed by atoms with van der Waals surface area (Å²) in [6, 6.07) is 14.4. The van der Waals surface area contributed by atoms with Crippen LogP contribution in [0, 0.1) is 0 Å². The average Bonchev–Trinajstić information content (AvgIpc) is 3.11. The van der Waals surface area contributed by atoms with Gasteiger partial charge in [0, 0.05) is 29.9 Å². The first-order chi connectivity index (χ1) is 13.6. The molecule has 1 amide bonds. The van der Waals surface area contributed by atoms with E-state index in [4.69, 9.17) is 4.74 Å². The number of carbonyl (C=O) groups excluding carboxylic acids is 1. The maximum Gasteiger partial charge on any atom is 0.326 e. The molecule has 1 aromatic heterocycles. The summed E-state index contributed by atoms with van der Waals surface area (Å²) in [4.78, 5) is 27.5. The highest BCUT2D eigenvalue weighted by Crippen LogP contribution is 2.35. The number of carboxylic acids is 1. The van der Waals surface area contributed by atoms with Crippen LogP contribution in [0.25, 0.3) is 10.9 Å². The molecule has 0 saturated carbocycles. The molecule has 3 aromatic rings. The lowest BCUT2D eigenvalue weighted by molar-refractivity contribution is -0.141. The molecule has 0 aliphatic carbocycles. The second-order valence-electron chi connectivity index (χ2n) is 7.10. The summed E-state index contributed by atoms with van der Waals surface area (Å²) in [6.07, 6.45) is 3.03. The molecule has 1 aliphatic heterocycles. The van der Waals surface area contributed by atoms with E-state index in [0.29, 0.717) is 6.61 Å². The van der Waals surface area contributed by atoms with Crippen LogP contribution < -0.4 is 10.1 Å². The van der Waals surface area contributed by atoms with Gasteiger partial charge in [0.1, 0.15) is 11.8 Å². The molecule has 0 bridgehead atoms. The van der Waals surface area contributed by atoms with Crippen LogP contribution >= 0.6 is 0 Å². The van der Waals surface area contributed by atoms with Crippen molar-refractivity contribution in [2.45, 2.75) is 31.2 Å². The quantitative estimate of drug-likeness (QED) is 0.614. The van der Waals surface area contributed by atoms with Crippen LogP contribution in [-0.4, -0.2) is 34.6 Å². The van der Waals surface area contributed by atoms with Gasteiger partial charge in [0.2, 0.25) is 5.91 Å². The van der Waals surface area contributed by atoms with Gasteiger partial charge in [-0.1, -0.05) is 36.4 Å². The maximum atomic E-state index is 12.6. The van der Waals surface area contributed by atoms with E-state index in [9.17, 15) is 14.7 Å². The molecule has 4 rings (SSSR count). The highest BCUT2D eigenvalue weighted by atomic mass is 16.5. The number of hydrogen-bond donors (Lipinski definition) is 3. The molecule has 1 aliphatic rings. The Morgan fingerprint density at radius 2 is 1.96 bits per heavy atom. The van der Waals surface area contributed by atoms with Crippen LogP contribution in [0.5, 0.6) is 5.75 Å². The van der Waals surface area contributed by atoms with Crippen LogP contribution in [-0.2, 0) is 16.0 Å². The minimum absolute atomic E-state index is 0.0347. The zero-order chi connectivity index (χ0) is 19.5. The molecule has 0 saturated heterocycles. The molecule has 0 radical (unpaired) electrons. The predicted molar refractivity (Wildman–Crippen MR) is 105 cm³/mol. The summed E-state index contributed by atoms with van der Waals surface area (Å²) in [5.74, 6) is -0.451. The molecule has 6 nitrogen and oxygen atoms in total. The van der Waals surface area contributed by atoms with Crippen LogP contribution in [0.15, 0.2) is 54.7 Å². The minimum Gasteiger partial charge on any atom is -0.493 e. The molecule has 28 heavy (non-hydrogen) atoms. The number of aromatic nitrogens is 1. The SMILES string of the molecule is O=C(C[C@@H]1CCOc2ccccc21)N[C@@H](Cc1c[nH]c2ccccc12)C(=O)O. The number of aromatic amines is 1. The first-order valence-corrected chi connectivity index (χ1v) is 9.40. The molecule has 6 heteroatoms. The topological polar surface area (TPSA) is 91.4 Å². The third-order valence-corrected chi connectivity index (χ3v) is 5.25. The third-order valence-electron chi connectivity index (χ3n) is 5.25. The van der Waals surface area contributed by atoms with Crippen molar-refractivity contribution < 1.29 is 19.4 Å². The number of carbonyl (C=O) groups is 2. The van der Waals surface area contributed by atoms with E-state index in [-0.39, 0.29) is 24.7 Å². The first kappa shape index (κ1) is 18.1. The van der Waals surface area contributed by atoms with Crippen molar-refractivity contribution in [2.75, 3.05) is 6.61 Å². The molecule has 2 atom stereocenters. The fraction of sp³-hybridized carbons (Fsp3) is 0.273. The molecule has 2 heterocycles. The Labute approximate surface area is 162 Å². The van der Waals surface area contributed by atoms with E-state index in [0.717, 1.165) is 34.2 Å². The minimum atomic E-state index is -1.04. The average molecular weight is 378 g/mol. The van der Waals surface area contributed by atoms with Gasteiger partial charge in [-0.05, 0) is 35.6 Å². The van der Waals surface area contributed by atoms with Crippen LogP contribution in [0.4, 0.5) is 0 Å². The summed E-state index contributed by atoms with van der Waals surface area (Å²) >= 11 is 0. The van der Waals surface area contributed by atoms with Crippen molar-refractivity contribution in [3.8, 4) is 5.75 Å². The first-order valence-electron chi connectivity index (χ1n) is 9.40.